The van der Waals surface area contributed by atoms with E-state index in [1.165, 1.54) is 4.31 Å². The molecule has 134 valence electrons. The van der Waals surface area contributed by atoms with E-state index in [9.17, 15) is 18.0 Å². The number of imidazole rings is 1. The van der Waals surface area contributed by atoms with Gasteiger partial charge in [-0.05, 0) is 48.9 Å². The maximum Gasteiger partial charge on any atom is 0.323 e. The van der Waals surface area contributed by atoms with Gasteiger partial charge in [0.15, 0.2) is 0 Å². The monoisotopic (exact) mass is 372 g/mol. The quantitative estimate of drug-likeness (QED) is 0.648. The van der Waals surface area contributed by atoms with Gasteiger partial charge < -0.3 is 15.3 Å². The topological polar surface area (TPSA) is 115 Å². The fourth-order valence-corrected chi connectivity index (χ4v) is 4.59. The van der Waals surface area contributed by atoms with Gasteiger partial charge in [0.2, 0.25) is 10.0 Å². The number of fused-ring (bicyclic) bond motifs is 1. The number of sulfonamides is 1. The van der Waals surface area contributed by atoms with Gasteiger partial charge in [-0.1, -0.05) is 0 Å². The standard InChI is InChI=1S/C17H16N4O4S/c22-16(18-12-4-7-14-15(10-12)20-17(23)19-14)11-2-5-13(6-3-11)21-8-1-9-26(21,24)25/h2-7,10H,1,8-9H2,(H,18,22)(H2,19,20,23). The second-order valence-electron chi connectivity index (χ2n) is 6.08. The van der Waals surface area contributed by atoms with Crippen LogP contribution in [0, 0.1) is 0 Å². The summed E-state index contributed by atoms with van der Waals surface area (Å²) in [7, 11) is -3.24. The molecule has 1 aromatic heterocycles. The SMILES string of the molecule is O=C(Nc1ccc2[nH]c(=O)[nH]c2c1)c1ccc(N2CCCS2(=O)=O)cc1. The molecular weight excluding hydrogens is 356 g/mol. The van der Waals surface area contributed by atoms with Gasteiger partial charge in [0, 0.05) is 17.8 Å². The van der Waals surface area contributed by atoms with Gasteiger partial charge in [-0.15, -0.1) is 0 Å². The number of benzene rings is 2. The van der Waals surface area contributed by atoms with Crippen molar-refractivity contribution >= 4 is 38.3 Å². The lowest BCUT2D eigenvalue weighted by molar-refractivity contribution is 0.102. The zero-order valence-electron chi connectivity index (χ0n) is 13.7. The molecule has 9 heteroatoms. The van der Waals surface area contributed by atoms with Crippen LogP contribution in [0.1, 0.15) is 16.8 Å². The predicted octanol–water partition coefficient (Wildman–Crippen LogP) is 1.65. The molecule has 0 aliphatic carbocycles. The van der Waals surface area contributed by atoms with Crippen LogP contribution in [-0.2, 0) is 10.0 Å². The van der Waals surface area contributed by atoms with Gasteiger partial charge in [0.05, 0.1) is 22.5 Å². The minimum atomic E-state index is -3.24. The van der Waals surface area contributed by atoms with Crippen molar-refractivity contribution in [3.8, 4) is 0 Å². The van der Waals surface area contributed by atoms with Gasteiger partial charge in [0.1, 0.15) is 0 Å². The number of carbonyl (C=O) groups is 1. The second kappa shape index (κ2) is 6.03. The average molecular weight is 372 g/mol. The number of H-pyrrole nitrogens is 2. The molecule has 3 N–H and O–H groups in total. The highest BCUT2D eigenvalue weighted by atomic mass is 32.2. The van der Waals surface area contributed by atoms with Crippen molar-refractivity contribution < 1.29 is 13.2 Å². The number of nitrogens with one attached hydrogen (secondary N) is 3. The molecule has 4 rings (SSSR count). The Bertz CT molecular complexity index is 1150. The molecule has 0 radical (unpaired) electrons. The van der Waals surface area contributed by atoms with E-state index >= 15 is 0 Å². The third kappa shape index (κ3) is 2.97. The van der Waals surface area contributed by atoms with E-state index in [0.29, 0.717) is 40.9 Å². The maximum atomic E-state index is 12.4. The Kier molecular flexibility index (Phi) is 3.80. The molecule has 1 aliphatic rings. The van der Waals surface area contributed by atoms with E-state index in [-0.39, 0.29) is 17.3 Å². The summed E-state index contributed by atoms with van der Waals surface area (Å²) in [4.78, 5) is 28.9. The molecule has 0 atom stereocenters. The molecule has 3 aromatic rings. The summed E-state index contributed by atoms with van der Waals surface area (Å²) in [5, 5.41) is 2.76. The van der Waals surface area contributed by atoms with Crippen molar-refractivity contribution in [2.45, 2.75) is 6.42 Å². The minimum Gasteiger partial charge on any atom is -0.322 e. The summed E-state index contributed by atoms with van der Waals surface area (Å²) >= 11 is 0. The van der Waals surface area contributed by atoms with Gasteiger partial charge in [-0.2, -0.15) is 0 Å². The van der Waals surface area contributed by atoms with Crippen LogP contribution in [0.25, 0.3) is 11.0 Å². The molecule has 2 heterocycles. The number of aromatic nitrogens is 2. The summed E-state index contributed by atoms with van der Waals surface area (Å²) in [5.74, 6) is -0.169. The third-order valence-electron chi connectivity index (χ3n) is 4.29. The van der Waals surface area contributed by atoms with Crippen LogP contribution in [0.4, 0.5) is 11.4 Å². The Labute approximate surface area is 148 Å². The Hall–Kier alpha value is -3.07. The lowest BCUT2D eigenvalue weighted by Gasteiger charge is -2.17. The van der Waals surface area contributed by atoms with E-state index in [1.54, 1.807) is 42.5 Å². The summed E-state index contributed by atoms with van der Waals surface area (Å²) in [6, 6.07) is 11.5. The van der Waals surface area contributed by atoms with Crippen molar-refractivity contribution in [1.29, 1.82) is 0 Å². The number of anilines is 2. The van der Waals surface area contributed by atoms with E-state index in [2.05, 4.69) is 15.3 Å². The predicted molar refractivity (Wildman–Crippen MR) is 99.1 cm³/mol. The number of nitrogens with zero attached hydrogens (tertiary/aromatic N) is 1. The molecule has 1 amide bonds. The Morgan fingerprint density at radius 3 is 2.46 bits per heavy atom. The molecule has 0 bridgehead atoms. The molecule has 1 aliphatic heterocycles. The number of hydrogen-bond donors (Lipinski definition) is 3. The smallest absolute Gasteiger partial charge is 0.322 e. The van der Waals surface area contributed by atoms with Crippen LogP contribution >= 0.6 is 0 Å². The van der Waals surface area contributed by atoms with Gasteiger partial charge in [-0.25, -0.2) is 13.2 Å². The zero-order chi connectivity index (χ0) is 18.3. The van der Waals surface area contributed by atoms with Gasteiger partial charge >= 0.3 is 5.69 Å². The van der Waals surface area contributed by atoms with Crippen molar-refractivity contribution in [3.63, 3.8) is 0 Å². The first kappa shape index (κ1) is 16.4. The van der Waals surface area contributed by atoms with Crippen molar-refractivity contribution in [3.05, 3.63) is 58.5 Å². The van der Waals surface area contributed by atoms with E-state index in [1.807, 2.05) is 0 Å². The highest BCUT2D eigenvalue weighted by Crippen LogP contribution is 2.24. The Morgan fingerprint density at radius 2 is 1.77 bits per heavy atom. The van der Waals surface area contributed by atoms with Crippen molar-refractivity contribution in [2.24, 2.45) is 0 Å². The fourth-order valence-electron chi connectivity index (χ4n) is 3.02. The normalized spacial score (nSPS) is 16.1. The number of aromatic amines is 2. The summed E-state index contributed by atoms with van der Waals surface area (Å²) in [6.45, 7) is 0.461. The largest absolute Gasteiger partial charge is 0.323 e. The van der Waals surface area contributed by atoms with E-state index in [0.717, 1.165) is 0 Å². The molecule has 1 saturated heterocycles. The molecule has 0 saturated carbocycles. The third-order valence-corrected chi connectivity index (χ3v) is 6.16. The summed E-state index contributed by atoms with van der Waals surface area (Å²) in [5.41, 5.74) is 2.46. The Morgan fingerprint density at radius 1 is 1.04 bits per heavy atom. The lowest BCUT2D eigenvalue weighted by Crippen LogP contribution is -2.25. The minimum absolute atomic E-state index is 0.152. The first-order valence-corrected chi connectivity index (χ1v) is 9.67. The van der Waals surface area contributed by atoms with Crippen LogP contribution in [0.3, 0.4) is 0 Å². The fraction of sp³-hybridized carbons (Fsp3) is 0.176. The van der Waals surface area contributed by atoms with Crippen molar-refractivity contribution in [2.75, 3.05) is 21.9 Å². The van der Waals surface area contributed by atoms with E-state index < -0.39 is 10.0 Å². The molecule has 8 nitrogen and oxygen atoms in total. The first-order valence-electron chi connectivity index (χ1n) is 8.06. The summed E-state index contributed by atoms with van der Waals surface area (Å²) < 4.78 is 25.3. The van der Waals surface area contributed by atoms with Gasteiger partial charge in [-0.3, -0.25) is 9.10 Å². The van der Waals surface area contributed by atoms with E-state index in [4.69, 9.17) is 0 Å². The average Bonchev–Trinajstić information content (AvgIpc) is 3.15. The first-order chi connectivity index (χ1) is 12.4. The molecule has 26 heavy (non-hydrogen) atoms. The molecule has 2 aromatic carbocycles. The molecule has 0 spiro atoms. The lowest BCUT2D eigenvalue weighted by atomic mass is 10.2. The zero-order valence-corrected chi connectivity index (χ0v) is 14.5. The summed E-state index contributed by atoms with van der Waals surface area (Å²) in [6.07, 6.45) is 0.605. The Balaban J connectivity index is 1.53. The highest BCUT2D eigenvalue weighted by molar-refractivity contribution is 7.93. The van der Waals surface area contributed by atoms with Crippen molar-refractivity contribution in [1.82, 2.24) is 9.97 Å². The van der Waals surface area contributed by atoms with Crippen LogP contribution in [0.2, 0.25) is 0 Å². The second-order valence-corrected chi connectivity index (χ2v) is 8.10. The number of hydrogen-bond acceptors (Lipinski definition) is 4. The number of amides is 1. The maximum absolute atomic E-state index is 12.4. The van der Waals surface area contributed by atoms with Crippen LogP contribution in [0.15, 0.2) is 47.3 Å². The number of rotatable bonds is 3. The molecule has 1 fully saturated rings. The molecule has 0 unspecified atom stereocenters. The number of carbonyl (C=O) groups excluding carboxylic acids is 1. The van der Waals surface area contributed by atoms with Crippen LogP contribution in [0.5, 0.6) is 0 Å². The van der Waals surface area contributed by atoms with Gasteiger partial charge in [0.25, 0.3) is 5.91 Å². The highest BCUT2D eigenvalue weighted by Gasteiger charge is 2.28. The van der Waals surface area contributed by atoms with Crippen LogP contribution in [-0.4, -0.2) is 36.6 Å². The van der Waals surface area contributed by atoms with Crippen LogP contribution < -0.4 is 15.3 Å². The molecular formula is C17H16N4O4S.